The van der Waals surface area contributed by atoms with Gasteiger partial charge in [-0.25, -0.2) is 14.5 Å². The van der Waals surface area contributed by atoms with E-state index in [-0.39, 0.29) is 5.82 Å². The number of imidazole rings is 1. The van der Waals surface area contributed by atoms with Gasteiger partial charge in [-0.05, 0) is 42.7 Å². The second-order valence-corrected chi connectivity index (χ2v) is 5.97. The van der Waals surface area contributed by atoms with Crippen LogP contribution < -0.4 is 10.6 Å². The predicted molar refractivity (Wildman–Crippen MR) is 89.0 cm³/mol. The highest BCUT2D eigenvalue weighted by atomic mass is 19.1. The Labute approximate surface area is 138 Å². The first-order valence-corrected chi connectivity index (χ1v) is 7.93. The third-order valence-corrected chi connectivity index (χ3v) is 4.41. The predicted octanol–water partition coefficient (Wildman–Crippen LogP) is 2.30. The maximum absolute atomic E-state index is 13.0. The molecule has 0 unspecified atom stereocenters. The summed E-state index contributed by atoms with van der Waals surface area (Å²) in [6.45, 7) is 1.71. The van der Waals surface area contributed by atoms with Gasteiger partial charge >= 0.3 is 0 Å². The number of hydrogen-bond donors (Lipinski definition) is 3. The number of aromatic nitrogens is 5. The van der Waals surface area contributed by atoms with Gasteiger partial charge < -0.3 is 15.6 Å². The van der Waals surface area contributed by atoms with Crippen molar-refractivity contribution in [1.82, 2.24) is 25.1 Å². The number of H-pyrrole nitrogens is 2. The standard InChI is InChI=1S/C16H18FN7/c17-12-3-1-10(2-4-12)13-9-19-14(20-13)11-5-7-24(8-6-11)16-21-15(18)22-23-16/h1-4,9,11H,5-8H2,(H,19,20)(H3,18,21,22,23). The topological polar surface area (TPSA) is 99.5 Å². The largest absolute Gasteiger partial charge is 0.368 e. The summed E-state index contributed by atoms with van der Waals surface area (Å²) in [6, 6.07) is 6.42. The number of halogens is 1. The highest BCUT2D eigenvalue weighted by molar-refractivity contribution is 5.58. The van der Waals surface area contributed by atoms with Crippen molar-refractivity contribution >= 4 is 11.9 Å². The molecule has 1 aromatic carbocycles. The molecule has 4 N–H and O–H groups in total. The first kappa shape index (κ1) is 14.7. The van der Waals surface area contributed by atoms with Gasteiger partial charge in [0.1, 0.15) is 11.6 Å². The smallest absolute Gasteiger partial charge is 0.246 e. The molecule has 3 heterocycles. The molecule has 0 aliphatic carbocycles. The highest BCUT2D eigenvalue weighted by Crippen LogP contribution is 2.29. The molecule has 2 aromatic heterocycles. The fraction of sp³-hybridized carbons (Fsp3) is 0.312. The Hall–Kier alpha value is -2.90. The molecule has 0 spiro atoms. The fourth-order valence-electron chi connectivity index (χ4n) is 3.08. The summed E-state index contributed by atoms with van der Waals surface area (Å²) in [5.74, 6) is 2.09. The zero-order valence-electron chi connectivity index (χ0n) is 13.0. The molecule has 1 aliphatic heterocycles. The fourth-order valence-corrected chi connectivity index (χ4v) is 3.08. The Morgan fingerprint density at radius 3 is 2.58 bits per heavy atom. The van der Waals surface area contributed by atoms with Crippen molar-refractivity contribution in [2.75, 3.05) is 23.7 Å². The van der Waals surface area contributed by atoms with Crippen LogP contribution in [0.2, 0.25) is 0 Å². The summed E-state index contributed by atoms with van der Waals surface area (Å²) in [5.41, 5.74) is 7.42. The van der Waals surface area contributed by atoms with Crippen LogP contribution in [0.25, 0.3) is 11.3 Å². The molecule has 0 radical (unpaired) electrons. The van der Waals surface area contributed by atoms with E-state index in [1.54, 1.807) is 12.1 Å². The van der Waals surface area contributed by atoms with Crippen molar-refractivity contribution in [1.29, 1.82) is 0 Å². The second kappa shape index (κ2) is 5.95. The number of aromatic amines is 2. The summed E-state index contributed by atoms with van der Waals surface area (Å²) >= 11 is 0. The number of nitrogens with zero attached hydrogens (tertiary/aromatic N) is 4. The van der Waals surface area contributed by atoms with Crippen molar-refractivity contribution in [2.24, 2.45) is 0 Å². The van der Waals surface area contributed by atoms with Gasteiger partial charge in [0.2, 0.25) is 11.9 Å². The van der Waals surface area contributed by atoms with E-state index in [1.807, 2.05) is 6.20 Å². The van der Waals surface area contributed by atoms with Gasteiger partial charge in [0.15, 0.2) is 0 Å². The van der Waals surface area contributed by atoms with E-state index in [0.29, 0.717) is 17.8 Å². The van der Waals surface area contributed by atoms with E-state index in [1.165, 1.54) is 12.1 Å². The summed E-state index contributed by atoms with van der Waals surface area (Å²) in [7, 11) is 0. The summed E-state index contributed by atoms with van der Waals surface area (Å²) in [4.78, 5) is 14.2. The van der Waals surface area contributed by atoms with Gasteiger partial charge in [-0.2, -0.15) is 4.98 Å². The van der Waals surface area contributed by atoms with E-state index in [2.05, 4.69) is 30.0 Å². The Balaban J connectivity index is 1.43. The molecule has 124 valence electrons. The average Bonchev–Trinajstić information content (AvgIpc) is 3.25. The minimum absolute atomic E-state index is 0.238. The third kappa shape index (κ3) is 2.82. The van der Waals surface area contributed by atoms with Gasteiger partial charge in [0.25, 0.3) is 0 Å². The van der Waals surface area contributed by atoms with Crippen LogP contribution in [-0.4, -0.2) is 38.2 Å². The van der Waals surface area contributed by atoms with Crippen LogP contribution in [0.4, 0.5) is 16.3 Å². The Morgan fingerprint density at radius 1 is 1.17 bits per heavy atom. The number of piperidine rings is 1. The van der Waals surface area contributed by atoms with Gasteiger partial charge in [0.05, 0.1) is 11.9 Å². The Kier molecular flexibility index (Phi) is 3.64. The number of nitrogen functional groups attached to an aromatic ring is 1. The molecule has 0 saturated carbocycles. The van der Waals surface area contributed by atoms with E-state index in [9.17, 15) is 4.39 Å². The average molecular weight is 327 g/mol. The van der Waals surface area contributed by atoms with Gasteiger partial charge in [-0.1, -0.05) is 0 Å². The molecular formula is C16H18FN7. The minimum atomic E-state index is -0.238. The van der Waals surface area contributed by atoms with Crippen LogP contribution in [0.5, 0.6) is 0 Å². The maximum atomic E-state index is 13.0. The third-order valence-electron chi connectivity index (χ3n) is 4.41. The van der Waals surface area contributed by atoms with E-state index in [0.717, 1.165) is 43.0 Å². The Bertz CT molecular complexity index is 815. The minimum Gasteiger partial charge on any atom is -0.368 e. The lowest BCUT2D eigenvalue weighted by atomic mass is 9.96. The van der Waals surface area contributed by atoms with Crippen LogP contribution in [0.3, 0.4) is 0 Å². The lowest BCUT2D eigenvalue weighted by molar-refractivity contribution is 0.484. The van der Waals surface area contributed by atoms with Crippen molar-refractivity contribution in [2.45, 2.75) is 18.8 Å². The number of benzene rings is 1. The van der Waals surface area contributed by atoms with Gasteiger partial charge in [-0.3, -0.25) is 0 Å². The monoisotopic (exact) mass is 327 g/mol. The zero-order valence-corrected chi connectivity index (χ0v) is 13.0. The number of rotatable bonds is 3. The molecule has 7 nitrogen and oxygen atoms in total. The normalized spacial score (nSPS) is 15.8. The molecule has 0 atom stereocenters. The number of nitrogens with two attached hydrogens (primary N) is 1. The molecular weight excluding hydrogens is 309 g/mol. The molecule has 8 heteroatoms. The van der Waals surface area contributed by atoms with Crippen LogP contribution >= 0.6 is 0 Å². The second-order valence-electron chi connectivity index (χ2n) is 5.97. The van der Waals surface area contributed by atoms with Crippen LogP contribution in [0.1, 0.15) is 24.6 Å². The van der Waals surface area contributed by atoms with Gasteiger partial charge in [0, 0.05) is 19.0 Å². The molecule has 24 heavy (non-hydrogen) atoms. The van der Waals surface area contributed by atoms with Gasteiger partial charge in [-0.15, -0.1) is 5.10 Å². The number of nitrogens with one attached hydrogen (secondary N) is 2. The lowest BCUT2D eigenvalue weighted by Crippen LogP contribution is -2.34. The number of hydrogen-bond acceptors (Lipinski definition) is 5. The SMILES string of the molecule is Nc1nc(N2CCC(c3ncc(-c4ccc(F)cc4)[nH]3)CC2)n[nH]1. The number of anilines is 2. The molecule has 0 bridgehead atoms. The Morgan fingerprint density at radius 2 is 1.92 bits per heavy atom. The first-order chi connectivity index (χ1) is 11.7. The van der Waals surface area contributed by atoms with Crippen molar-refractivity contribution in [3.05, 3.63) is 42.1 Å². The molecule has 1 fully saturated rings. The van der Waals surface area contributed by atoms with Crippen LogP contribution in [-0.2, 0) is 0 Å². The van der Waals surface area contributed by atoms with Crippen LogP contribution in [0, 0.1) is 5.82 Å². The molecule has 0 amide bonds. The maximum Gasteiger partial charge on any atom is 0.246 e. The molecule has 1 aliphatic rings. The summed E-state index contributed by atoms with van der Waals surface area (Å²) in [5, 5.41) is 6.76. The van der Waals surface area contributed by atoms with Crippen molar-refractivity contribution < 1.29 is 4.39 Å². The molecule has 1 saturated heterocycles. The zero-order chi connectivity index (χ0) is 16.5. The molecule has 4 rings (SSSR count). The van der Waals surface area contributed by atoms with Crippen LogP contribution in [0.15, 0.2) is 30.5 Å². The lowest BCUT2D eigenvalue weighted by Gasteiger charge is -2.30. The van der Waals surface area contributed by atoms with E-state index < -0.39 is 0 Å². The van der Waals surface area contributed by atoms with Crippen molar-refractivity contribution in [3.8, 4) is 11.3 Å². The van der Waals surface area contributed by atoms with E-state index in [4.69, 9.17) is 5.73 Å². The molecule has 3 aromatic rings. The quantitative estimate of drug-likeness (QED) is 0.685. The first-order valence-electron chi connectivity index (χ1n) is 7.93. The summed E-state index contributed by atoms with van der Waals surface area (Å²) in [6.07, 6.45) is 3.74. The highest BCUT2D eigenvalue weighted by Gasteiger charge is 2.24. The summed E-state index contributed by atoms with van der Waals surface area (Å²) < 4.78 is 13.0. The van der Waals surface area contributed by atoms with E-state index >= 15 is 0 Å². The van der Waals surface area contributed by atoms with Crippen molar-refractivity contribution in [3.63, 3.8) is 0 Å².